The molecule has 0 aliphatic heterocycles. The van der Waals surface area contributed by atoms with Crippen molar-refractivity contribution in [3.8, 4) is 0 Å². The predicted octanol–water partition coefficient (Wildman–Crippen LogP) is 3.27. The van der Waals surface area contributed by atoms with Gasteiger partial charge in [0.1, 0.15) is 5.82 Å². The number of hydrogen-bond acceptors (Lipinski definition) is 3. The minimum absolute atomic E-state index is 0.192. The first-order valence-electron chi connectivity index (χ1n) is 3.77. The molecule has 0 aliphatic carbocycles. The maximum absolute atomic E-state index is 13.3. The summed E-state index contributed by atoms with van der Waals surface area (Å²) in [5.74, 6) is -0.967. The Balaban J connectivity index is 3.15. The fourth-order valence-corrected chi connectivity index (χ4v) is 3.00. The number of thioether (sulfide) groups is 1. The van der Waals surface area contributed by atoms with Gasteiger partial charge in [-0.3, -0.25) is 0 Å². The molecule has 2 nitrogen and oxygen atoms in total. The van der Waals surface area contributed by atoms with Gasteiger partial charge in [0.15, 0.2) is 0 Å². The van der Waals surface area contributed by atoms with Gasteiger partial charge in [0.05, 0.1) is 15.7 Å². The maximum atomic E-state index is 13.3. The average Bonchev–Trinajstić information content (AvgIpc) is 1.99. The minimum Gasteiger partial charge on any atom is -0.212 e. The summed E-state index contributed by atoms with van der Waals surface area (Å²) in [7, 11) is 1.36. The smallest absolute Gasteiger partial charge is 0.212 e. The van der Waals surface area contributed by atoms with Crippen molar-refractivity contribution in [1.82, 2.24) is 0 Å². The summed E-state index contributed by atoms with van der Waals surface area (Å²) >= 11 is 6.92. The van der Waals surface area contributed by atoms with E-state index in [-0.39, 0.29) is 10.6 Å². The van der Waals surface area contributed by atoms with Gasteiger partial charge in [-0.25, -0.2) is 12.8 Å². The first-order chi connectivity index (χ1) is 6.83. The van der Waals surface area contributed by atoms with E-state index in [1.807, 2.05) is 0 Å². The Kier molecular flexibility index (Phi) is 4.29. The molecule has 0 unspecified atom stereocenters. The van der Waals surface area contributed by atoms with Crippen molar-refractivity contribution in [2.75, 3.05) is 6.26 Å². The van der Waals surface area contributed by atoms with E-state index in [4.69, 9.17) is 22.3 Å². The number of halogens is 3. The van der Waals surface area contributed by atoms with Crippen LogP contribution in [-0.2, 0) is 14.8 Å². The van der Waals surface area contributed by atoms with Crippen molar-refractivity contribution in [1.29, 1.82) is 0 Å². The molecule has 15 heavy (non-hydrogen) atoms. The highest BCUT2D eigenvalue weighted by molar-refractivity contribution is 8.13. The van der Waals surface area contributed by atoms with E-state index in [1.54, 1.807) is 6.26 Å². The lowest BCUT2D eigenvalue weighted by Gasteiger charge is -2.05. The van der Waals surface area contributed by atoms with Gasteiger partial charge in [-0.15, -0.1) is 11.8 Å². The molecular formula is C8H7Cl2FO2S2. The van der Waals surface area contributed by atoms with Crippen molar-refractivity contribution in [3.05, 3.63) is 28.5 Å². The number of benzene rings is 1. The maximum Gasteiger partial charge on any atom is 0.236 e. The summed E-state index contributed by atoms with van der Waals surface area (Å²) in [6, 6.07) is 2.52. The first-order valence-corrected chi connectivity index (χ1v) is 7.86. The van der Waals surface area contributed by atoms with Crippen molar-refractivity contribution in [3.63, 3.8) is 0 Å². The van der Waals surface area contributed by atoms with Gasteiger partial charge in [0.25, 0.3) is 0 Å². The largest absolute Gasteiger partial charge is 0.236 e. The molecule has 1 aromatic rings. The topological polar surface area (TPSA) is 34.1 Å². The van der Waals surface area contributed by atoms with E-state index >= 15 is 0 Å². The van der Waals surface area contributed by atoms with E-state index in [2.05, 4.69) is 0 Å². The molecule has 0 atom stereocenters. The Labute approximate surface area is 101 Å². The Morgan fingerprint density at radius 1 is 1.47 bits per heavy atom. The normalized spacial score (nSPS) is 11.7. The molecule has 0 amide bonds. The molecule has 0 radical (unpaired) electrons. The Morgan fingerprint density at radius 3 is 2.47 bits per heavy atom. The molecule has 0 aromatic heterocycles. The lowest BCUT2D eigenvalue weighted by molar-refractivity contribution is 0.599. The summed E-state index contributed by atoms with van der Waals surface area (Å²) in [6.45, 7) is 0. The van der Waals surface area contributed by atoms with Gasteiger partial charge in [0.2, 0.25) is 9.05 Å². The molecule has 1 rings (SSSR count). The van der Waals surface area contributed by atoms with Crippen LogP contribution in [0.5, 0.6) is 0 Å². The summed E-state index contributed by atoms with van der Waals surface area (Å²) in [4.78, 5) is 0.299. The van der Waals surface area contributed by atoms with Gasteiger partial charge >= 0.3 is 0 Å². The standard InChI is InChI=1S/C8H7Cl2FO2S2/c1-14-8-6(9)2-5(3-7(8)11)4-15(10,12)13/h2-3H,4H2,1H3. The van der Waals surface area contributed by atoms with E-state index in [1.165, 1.54) is 6.07 Å². The monoisotopic (exact) mass is 288 g/mol. The van der Waals surface area contributed by atoms with E-state index in [9.17, 15) is 12.8 Å². The van der Waals surface area contributed by atoms with Crippen molar-refractivity contribution < 1.29 is 12.8 Å². The van der Waals surface area contributed by atoms with Gasteiger partial charge in [0, 0.05) is 10.7 Å². The van der Waals surface area contributed by atoms with Crippen LogP contribution in [0.15, 0.2) is 17.0 Å². The molecule has 0 fully saturated rings. The van der Waals surface area contributed by atoms with E-state index < -0.39 is 20.6 Å². The highest BCUT2D eigenvalue weighted by atomic mass is 35.7. The molecule has 84 valence electrons. The van der Waals surface area contributed by atoms with Gasteiger partial charge in [-0.2, -0.15) is 0 Å². The van der Waals surface area contributed by atoms with Crippen LogP contribution in [0, 0.1) is 5.82 Å². The van der Waals surface area contributed by atoms with Crippen molar-refractivity contribution in [2.24, 2.45) is 0 Å². The van der Waals surface area contributed by atoms with Crippen molar-refractivity contribution >= 4 is 43.1 Å². The molecule has 0 saturated carbocycles. The zero-order chi connectivity index (χ0) is 11.6. The number of hydrogen-bond donors (Lipinski definition) is 0. The molecule has 0 spiro atoms. The fourth-order valence-electron chi connectivity index (χ4n) is 1.09. The molecule has 0 aliphatic rings. The zero-order valence-corrected chi connectivity index (χ0v) is 10.8. The second-order valence-corrected chi connectivity index (χ2v) is 6.78. The molecule has 1 aromatic carbocycles. The molecule has 0 saturated heterocycles. The minimum atomic E-state index is -3.69. The van der Waals surface area contributed by atoms with E-state index in [0.29, 0.717) is 4.90 Å². The van der Waals surface area contributed by atoms with Crippen LogP contribution in [0.4, 0.5) is 4.39 Å². The number of rotatable bonds is 3. The lowest BCUT2D eigenvalue weighted by atomic mass is 10.2. The third-order valence-electron chi connectivity index (χ3n) is 1.60. The van der Waals surface area contributed by atoms with Crippen molar-refractivity contribution in [2.45, 2.75) is 10.6 Å². The molecular weight excluding hydrogens is 282 g/mol. The first kappa shape index (κ1) is 13.1. The predicted molar refractivity (Wildman–Crippen MR) is 61.7 cm³/mol. The summed E-state index contributed by atoms with van der Waals surface area (Å²) < 4.78 is 34.9. The molecule has 7 heteroatoms. The van der Waals surface area contributed by atoms with Gasteiger partial charge < -0.3 is 0 Å². The fraction of sp³-hybridized carbons (Fsp3) is 0.250. The highest BCUT2D eigenvalue weighted by Crippen LogP contribution is 2.30. The highest BCUT2D eigenvalue weighted by Gasteiger charge is 2.13. The lowest BCUT2D eigenvalue weighted by Crippen LogP contribution is -1.96. The van der Waals surface area contributed by atoms with Crippen LogP contribution in [0.25, 0.3) is 0 Å². The van der Waals surface area contributed by atoms with Gasteiger partial charge in [-0.1, -0.05) is 11.6 Å². The Hall–Kier alpha value is 0.0300. The Morgan fingerprint density at radius 2 is 2.07 bits per heavy atom. The van der Waals surface area contributed by atoms with Crippen LogP contribution in [0.2, 0.25) is 5.02 Å². The molecule has 0 bridgehead atoms. The Bertz CT molecular complexity index is 451. The summed E-state index contributed by atoms with van der Waals surface area (Å²) in [5, 5.41) is 0.192. The SMILES string of the molecule is CSc1c(F)cc(CS(=O)(=O)Cl)cc1Cl. The van der Waals surface area contributed by atoms with Crippen LogP contribution < -0.4 is 0 Å². The van der Waals surface area contributed by atoms with Crippen LogP contribution in [-0.4, -0.2) is 14.7 Å². The quantitative estimate of drug-likeness (QED) is 0.632. The third-order valence-corrected chi connectivity index (χ3v) is 3.84. The summed E-state index contributed by atoms with van der Waals surface area (Å²) in [6.07, 6.45) is 1.68. The molecule has 0 heterocycles. The van der Waals surface area contributed by atoms with Gasteiger partial charge in [-0.05, 0) is 24.0 Å². The third kappa shape index (κ3) is 3.83. The van der Waals surface area contributed by atoms with Crippen LogP contribution >= 0.6 is 34.0 Å². The summed E-state index contributed by atoms with van der Waals surface area (Å²) in [5.41, 5.74) is 0.241. The zero-order valence-electron chi connectivity index (χ0n) is 7.63. The van der Waals surface area contributed by atoms with Crippen LogP contribution in [0.1, 0.15) is 5.56 Å². The average molecular weight is 289 g/mol. The molecule has 0 N–H and O–H groups in total. The second kappa shape index (κ2) is 4.91. The second-order valence-electron chi connectivity index (χ2n) is 2.78. The van der Waals surface area contributed by atoms with Crippen LogP contribution in [0.3, 0.4) is 0 Å². The van der Waals surface area contributed by atoms with E-state index in [0.717, 1.165) is 17.8 Å².